The maximum absolute atomic E-state index is 12.9. The van der Waals surface area contributed by atoms with E-state index < -0.39 is 0 Å². The van der Waals surface area contributed by atoms with E-state index in [0.717, 1.165) is 54.1 Å². The predicted molar refractivity (Wildman–Crippen MR) is 201 cm³/mol. The highest BCUT2D eigenvalue weighted by molar-refractivity contribution is 6.28. The SMILES string of the molecule is CC.CC.CCCC.CCCN(C)C1Cn2c3ccccc3c3c(C=O)c(CNC)c4c5ccccc5n(c4c32)C(CC)C1OC. The summed E-state index contributed by atoms with van der Waals surface area (Å²) in [6, 6.07) is 17.6. The summed E-state index contributed by atoms with van der Waals surface area (Å²) >= 11 is 0. The number of methoxy groups -OCH3 is 1. The Morgan fingerprint density at radius 2 is 1.46 bits per heavy atom. The van der Waals surface area contributed by atoms with Crippen molar-refractivity contribution in [1.29, 1.82) is 0 Å². The molecular formula is C40H60N4O2. The minimum atomic E-state index is -0.00147. The van der Waals surface area contributed by atoms with E-state index in [1.165, 1.54) is 45.7 Å². The van der Waals surface area contributed by atoms with Gasteiger partial charge in [0.1, 0.15) is 0 Å². The van der Waals surface area contributed by atoms with Crippen LogP contribution in [0, 0.1) is 0 Å². The Morgan fingerprint density at radius 3 is 1.98 bits per heavy atom. The highest BCUT2D eigenvalue weighted by Crippen LogP contribution is 2.47. The fourth-order valence-corrected chi connectivity index (χ4v) is 7.27. The van der Waals surface area contributed by atoms with Crippen molar-refractivity contribution >= 4 is 49.9 Å². The molecule has 252 valence electrons. The number of ether oxygens (including phenoxy) is 1. The first-order chi connectivity index (χ1) is 22.5. The number of hydrogen-bond acceptors (Lipinski definition) is 4. The van der Waals surface area contributed by atoms with Gasteiger partial charge in [0, 0.05) is 58.3 Å². The van der Waals surface area contributed by atoms with E-state index >= 15 is 0 Å². The first kappa shape index (κ1) is 37.3. The lowest BCUT2D eigenvalue weighted by molar-refractivity contribution is -0.0162. The van der Waals surface area contributed by atoms with Crippen LogP contribution in [0.2, 0.25) is 0 Å². The van der Waals surface area contributed by atoms with Crippen molar-refractivity contribution in [1.82, 2.24) is 19.4 Å². The van der Waals surface area contributed by atoms with Crippen LogP contribution in [0.4, 0.5) is 0 Å². The Hall–Kier alpha value is -3.19. The Bertz CT molecular complexity index is 1700. The second kappa shape index (κ2) is 17.7. The molecule has 1 aliphatic heterocycles. The van der Waals surface area contributed by atoms with Gasteiger partial charge in [-0.1, -0.05) is 105 Å². The number of carbonyl (C=O) groups is 1. The zero-order chi connectivity index (χ0) is 34.0. The number of rotatable bonds is 9. The van der Waals surface area contributed by atoms with Gasteiger partial charge in [-0.25, -0.2) is 0 Å². The predicted octanol–water partition coefficient (Wildman–Crippen LogP) is 9.98. The van der Waals surface area contributed by atoms with Crippen LogP contribution in [0.5, 0.6) is 0 Å². The molecule has 3 atom stereocenters. The van der Waals surface area contributed by atoms with E-state index in [0.29, 0.717) is 6.54 Å². The van der Waals surface area contributed by atoms with Gasteiger partial charge in [-0.2, -0.15) is 0 Å². The molecule has 6 rings (SSSR count). The number of fused-ring (bicyclic) bond motifs is 6. The number of unbranched alkanes of at least 4 members (excludes halogenated alkanes) is 1. The van der Waals surface area contributed by atoms with Crippen LogP contribution in [0.25, 0.3) is 43.6 Å². The van der Waals surface area contributed by atoms with E-state index in [-0.39, 0.29) is 18.2 Å². The molecule has 0 aliphatic carbocycles. The van der Waals surface area contributed by atoms with Gasteiger partial charge in [-0.05, 0) is 51.2 Å². The molecule has 6 heteroatoms. The summed E-state index contributed by atoms with van der Waals surface area (Å²) in [6.45, 7) is 19.3. The van der Waals surface area contributed by atoms with Gasteiger partial charge in [0.25, 0.3) is 0 Å². The Labute approximate surface area is 278 Å². The molecule has 0 fully saturated rings. The van der Waals surface area contributed by atoms with Gasteiger partial charge in [-0.3, -0.25) is 9.69 Å². The molecule has 6 nitrogen and oxygen atoms in total. The van der Waals surface area contributed by atoms with E-state index in [1.807, 2.05) is 41.9 Å². The summed E-state index contributed by atoms with van der Waals surface area (Å²) < 4.78 is 11.5. The quantitative estimate of drug-likeness (QED) is 0.165. The summed E-state index contributed by atoms with van der Waals surface area (Å²) in [6.07, 6.45) is 5.75. The van der Waals surface area contributed by atoms with Crippen LogP contribution >= 0.6 is 0 Å². The van der Waals surface area contributed by atoms with Gasteiger partial charge >= 0.3 is 0 Å². The zero-order valence-electron chi connectivity index (χ0n) is 30.5. The normalized spacial score (nSPS) is 17.3. The van der Waals surface area contributed by atoms with Crippen molar-refractivity contribution in [3.8, 4) is 0 Å². The van der Waals surface area contributed by atoms with Gasteiger partial charge in [0.2, 0.25) is 0 Å². The molecule has 0 spiro atoms. The number of benzene rings is 3. The second-order valence-electron chi connectivity index (χ2n) is 11.7. The third-order valence-electron chi connectivity index (χ3n) is 9.27. The third kappa shape index (κ3) is 6.49. The molecule has 3 unspecified atom stereocenters. The Morgan fingerprint density at radius 1 is 0.870 bits per heavy atom. The van der Waals surface area contributed by atoms with Gasteiger partial charge in [0.05, 0.1) is 29.2 Å². The largest absolute Gasteiger partial charge is 0.378 e. The third-order valence-corrected chi connectivity index (χ3v) is 9.27. The van der Waals surface area contributed by atoms with Crippen LogP contribution < -0.4 is 5.32 Å². The van der Waals surface area contributed by atoms with Crippen LogP contribution in [0.3, 0.4) is 0 Å². The molecule has 0 radical (unpaired) electrons. The molecule has 0 bridgehead atoms. The first-order valence-corrected chi connectivity index (χ1v) is 17.8. The molecule has 3 heterocycles. The van der Waals surface area contributed by atoms with Gasteiger partial charge in [0.15, 0.2) is 6.29 Å². The van der Waals surface area contributed by atoms with Crippen molar-refractivity contribution in [2.24, 2.45) is 0 Å². The molecular weight excluding hydrogens is 568 g/mol. The maximum Gasteiger partial charge on any atom is 0.151 e. The molecule has 5 aromatic rings. The van der Waals surface area contributed by atoms with E-state index in [9.17, 15) is 4.79 Å². The van der Waals surface area contributed by atoms with Crippen molar-refractivity contribution in [2.45, 2.75) is 112 Å². The van der Waals surface area contributed by atoms with Crippen LogP contribution in [0.1, 0.15) is 103 Å². The fraction of sp³-hybridized carbons (Fsp3) is 0.525. The van der Waals surface area contributed by atoms with Crippen LogP contribution in [0.15, 0.2) is 48.5 Å². The number of hydrogen-bond donors (Lipinski definition) is 1. The summed E-state index contributed by atoms with van der Waals surface area (Å²) in [4.78, 5) is 15.4. The maximum atomic E-state index is 12.9. The molecule has 46 heavy (non-hydrogen) atoms. The van der Waals surface area contributed by atoms with E-state index in [1.54, 1.807) is 0 Å². The summed E-state index contributed by atoms with van der Waals surface area (Å²) in [7, 11) is 6.06. The number of aromatic nitrogens is 2. The summed E-state index contributed by atoms with van der Waals surface area (Å²) in [5, 5.41) is 7.96. The average Bonchev–Trinajstić information content (AvgIpc) is 3.60. The second-order valence-corrected chi connectivity index (χ2v) is 11.7. The molecule has 2 aromatic heterocycles. The number of aldehydes is 1. The van der Waals surface area contributed by atoms with Crippen molar-refractivity contribution in [3.63, 3.8) is 0 Å². The van der Waals surface area contributed by atoms with Crippen molar-refractivity contribution < 1.29 is 9.53 Å². The first-order valence-electron chi connectivity index (χ1n) is 17.8. The fourth-order valence-electron chi connectivity index (χ4n) is 7.27. The van der Waals surface area contributed by atoms with Gasteiger partial charge < -0.3 is 19.2 Å². The van der Waals surface area contributed by atoms with Gasteiger partial charge in [-0.15, -0.1) is 0 Å². The number of likely N-dealkylation sites (N-methyl/N-ethyl adjacent to an activating group) is 1. The Kier molecular flexibility index (Phi) is 14.3. The average molecular weight is 629 g/mol. The molecule has 0 amide bonds. The topological polar surface area (TPSA) is 51.4 Å². The number of nitrogens with one attached hydrogen (secondary N) is 1. The highest BCUT2D eigenvalue weighted by Gasteiger charge is 2.38. The molecule has 1 aliphatic rings. The highest BCUT2D eigenvalue weighted by atomic mass is 16.5. The van der Waals surface area contributed by atoms with Crippen molar-refractivity contribution in [3.05, 3.63) is 59.7 Å². The minimum absolute atomic E-state index is 0.00147. The lowest BCUT2D eigenvalue weighted by Gasteiger charge is -2.40. The molecule has 0 saturated heterocycles. The Balaban J connectivity index is 0.000000659. The summed E-state index contributed by atoms with van der Waals surface area (Å²) in [5.74, 6) is 0. The molecule has 0 saturated carbocycles. The lowest BCUT2D eigenvalue weighted by atomic mass is 9.94. The van der Waals surface area contributed by atoms with Crippen LogP contribution in [-0.2, 0) is 17.8 Å². The molecule has 3 aromatic carbocycles. The molecule has 1 N–H and O–H groups in total. The monoisotopic (exact) mass is 628 g/mol. The minimum Gasteiger partial charge on any atom is -0.378 e. The van der Waals surface area contributed by atoms with E-state index in [2.05, 4.69) is 103 Å². The number of nitrogens with zero attached hydrogens (tertiary/aromatic N) is 3. The smallest absolute Gasteiger partial charge is 0.151 e. The number of carbonyl (C=O) groups excluding carboxylic acids is 1. The standard InChI is InChI=1S/C32H38N4O2.C4H10.2C2H6/c1-6-16-34(4)27-18-35-25-14-10-8-12-20(25)29-23(19-37)22(17-33-3)28-21-13-9-11-15-26(21)36(31(28)30(29)35)24(7-2)32(27)38-5;1-3-4-2;2*1-2/h8-15,19,24,27,32-33H,6-7,16-18H2,1-5H3;3-4H2,1-2H3;2*1-2H3. The van der Waals surface area contributed by atoms with E-state index in [4.69, 9.17) is 4.74 Å². The van der Waals surface area contributed by atoms with Crippen molar-refractivity contribution in [2.75, 3.05) is 27.7 Å². The summed E-state index contributed by atoms with van der Waals surface area (Å²) in [5.41, 5.74) is 6.64. The lowest BCUT2D eigenvalue weighted by Crippen LogP contribution is -2.49. The zero-order valence-corrected chi connectivity index (χ0v) is 30.5. The number of para-hydroxylation sites is 2. The van der Waals surface area contributed by atoms with Crippen LogP contribution in [-0.4, -0.2) is 60.2 Å².